The Hall–Kier alpha value is -3.46. The lowest BCUT2D eigenvalue weighted by Crippen LogP contribution is -1.90. The van der Waals surface area contributed by atoms with Crippen LogP contribution < -0.4 is 0 Å². The minimum Gasteiger partial charge on any atom is -0.144 e. The molecule has 0 atom stereocenters. The Bertz CT molecular complexity index is 1220. The van der Waals surface area contributed by atoms with Crippen LogP contribution in [-0.2, 0) is 0 Å². The van der Waals surface area contributed by atoms with Gasteiger partial charge in [-0.05, 0) is 45.1 Å². The minimum absolute atomic E-state index is 1.20. The number of rotatable bonds is 6. The molecular formula is C30H22S2. The third-order valence-electron chi connectivity index (χ3n) is 5.31. The van der Waals surface area contributed by atoms with Crippen LogP contribution in [0.15, 0.2) is 108 Å². The molecule has 2 heteroatoms. The molecule has 0 radical (unpaired) electrons. The van der Waals surface area contributed by atoms with Gasteiger partial charge >= 0.3 is 0 Å². The molecule has 154 valence electrons. The molecule has 0 fully saturated rings. The minimum atomic E-state index is 1.20. The molecule has 2 aromatic heterocycles. The molecule has 0 aliphatic rings. The van der Waals surface area contributed by atoms with Crippen LogP contribution >= 0.6 is 22.7 Å². The lowest BCUT2D eigenvalue weighted by Gasteiger charge is -2.15. The number of hydrogen-bond donors (Lipinski definition) is 0. The highest BCUT2D eigenvalue weighted by molar-refractivity contribution is 7.14. The van der Waals surface area contributed by atoms with Gasteiger partial charge in [0, 0.05) is 20.9 Å². The maximum atomic E-state index is 2.25. The van der Waals surface area contributed by atoms with Crippen LogP contribution in [0.25, 0.3) is 45.2 Å². The molecule has 0 bridgehead atoms. The molecule has 0 saturated carbocycles. The van der Waals surface area contributed by atoms with Crippen molar-refractivity contribution in [2.75, 3.05) is 0 Å². The van der Waals surface area contributed by atoms with E-state index in [1.165, 1.54) is 43.1 Å². The van der Waals surface area contributed by atoms with Crippen molar-refractivity contribution in [3.05, 3.63) is 130 Å². The third kappa shape index (κ3) is 4.57. The second-order valence-corrected chi connectivity index (χ2v) is 9.33. The normalized spacial score (nSPS) is 11.5. The van der Waals surface area contributed by atoms with Crippen LogP contribution in [0.3, 0.4) is 0 Å². The van der Waals surface area contributed by atoms with E-state index in [2.05, 4.69) is 132 Å². The van der Waals surface area contributed by atoms with Gasteiger partial charge in [-0.25, -0.2) is 0 Å². The highest BCUT2D eigenvalue weighted by atomic mass is 32.1. The molecular weight excluding hydrogens is 424 g/mol. The fourth-order valence-electron chi connectivity index (χ4n) is 3.79. The average molecular weight is 447 g/mol. The SMILES string of the molecule is C(=Cc1ccc(C=Cc2ccccc2)c(-c2cccs2)c1-c1cccs1)c1ccccc1. The fourth-order valence-corrected chi connectivity index (χ4v) is 5.38. The van der Waals surface area contributed by atoms with Crippen molar-refractivity contribution in [2.24, 2.45) is 0 Å². The van der Waals surface area contributed by atoms with Crippen molar-refractivity contribution in [1.82, 2.24) is 0 Å². The Kier molecular flexibility index (Phi) is 6.25. The van der Waals surface area contributed by atoms with E-state index in [4.69, 9.17) is 0 Å². The molecule has 0 unspecified atom stereocenters. The highest BCUT2D eigenvalue weighted by Gasteiger charge is 2.16. The molecule has 5 aromatic rings. The van der Waals surface area contributed by atoms with Crippen molar-refractivity contribution in [3.8, 4) is 20.9 Å². The summed E-state index contributed by atoms with van der Waals surface area (Å²) in [6.45, 7) is 0. The quantitative estimate of drug-likeness (QED) is 0.228. The lowest BCUT2D eigenvalue weighted by molar-refractivity contribution is 1.60. The van der Waals surface area contributed by atoms with Crippen LogP contribution in [0.2, 0.25) is 0 Å². The van der Waals surface area contributed by atoms with Crippen molar-refractivity contribution in [3.63, 3.8) is 0 Å². The van der Waals surface area contributed by atoms with E-state index in [1.807, 2.05) is 0 Å². The first kappa shape index (κ1) is 20.4. The Balaban J connectivity index is 1.68. The summed E-state index contributed by atoms with van der Waals surface area (Å²) < 4.78 is 0. The summed E-state index contributed by atoms with van der Waals surface area (Å²) in [5.74, 6) is 0. The largest absolute Gasteiger partial charge is 0.144 e. The second-order valence-electron chi connectivity index (χ2n) is 7.44. The first-order valence-electron chi connectivity index (χ1n) is 10.6. The van der Waals surface area contributed by atoms with Gasteiger partial charge in [-0.3, -0.25) is 0 Å². The maximum absolute atomic E-state index is 2.25. The first-order valence-corrected chi connectivity index (χ1v) is 12.4. The zero-order valence-electron chi connectivity index (χ0n) is 17.5. The predicted molar refractivity (Wildman–Crippen MR) is 144 cm³/mol. The van der Waals surface area contributed by atoms with Gasteiger partial charge in [-0.1, -0.05) is 109 Å². The molecule has 0 aliphatic heterocycles. The van der Waals surface area contributed by atoms with Gasteiger partial charge in [0.1, 0.15) is 0 Å². The van der Waals surface area contributed by atoms with Crippen LogP contribution in [-0.4, -0.2) is 0 Å². The molecule has 0 spiro atoms. The highest BCUT2D eigenvalue weighted by Crippen LogP contribution is 2.42. The molecule has 0 nitrogen and oxygen atoms in total. The summed E-state index contributed by atoms with van der Waals surface area (Å²) in [5.41, 5.74) is 7.47. The summed E-state index contributed by atoms with van der Waals surface area (Å²) in [5, 5.41) is 4.31. The van der Waals surface area contributed by atoms with Gasteiger partial charge < -0.3 is 0 Å². The Labute approximate surface area is 197 Å². The van der Waals surface area contributed by atoms with Crippen LogP contribution in [0.5, 0.6) is 0 Å². The van der Waals surface area contributed by atoms with E-state index in [-0.39, 0.29) is 0 Å². The zero-order chi connectivity index (χ0) is 21.6. The first-order chi connectivity index (χ1) is 15.9. The van der Waals surface area contributed by atoms with Gasteiger partial charge in [-0.15, -0.1) is 22.7 Å². The van der Waals surface area contributed by atoms with Gasteiger partial charge in [0.2, 0.25) is 0 Å². The standard InChI is InChI=1S/C30H22S2/c1-3-9-23(10-4-1)15-17-25-19-20-26(18-16-24-11-5-2-6-12-24)30(28-14-8-22-32-28)29(25)27-13-7-21-31-27/h1-22H. The summed E-state index contributed by atoms with van der Waals surface area (Å²) in [4.78, 5) is 2.58. The van der Waals surface area contributed by atoms with E-state index in [0.717, 1.165) is 0 Å². The molecule has 3 aromatic carbocycles. The molecule has 0 aliphatic carbocycles. The monoisotopic (exact) mass is 446 g/mol. The van der Waals surface area contributed by atoms with E-state index in [1.54, 1.807) is 22.7 Å². The summed E-state index contributed by atoms with van der Waals surface area (Å²) in [7, 11) is 0. The van der Waals surface area contributed by atoms with E-state index in [9.17, 15) is 0 Å². The van der Waals surface area contributed by atoms with Crippen molar-refractivity contribution in [1.29, 1.82) is 0 Å². The number of benzene rings is 3. The van der Waals surface area contributed by atoms with E-state index >= 15 is 0 Å². The molecule has 0 saturated heterocycles. The molecule has 0 amide bonds. The van der Waals surface area contributed by atoms with Gasteiger partial charge in [-0.2, -0.15) is 0 Å². The molecule has 5 rings (SSSR count). The van der Waals surface area contributed by atoms with Crippen molar-refractivity contribution < 1.29 is 0 Å². The van der Waals surface area contributed by atoms with E-state index < -0.39 is 0 Å². The molecule has 2 heterocycles. The number of thiophene rings is 2. The second kappa shape index (κ2) is 9.78. The van der Waals surface area contributed by atoms with Crippen molar-refractivity contribution >= 4 is 47.0 Å². The lowest BCUT2D eigenvalue weighted by atomic mass is 9.92. The molecule has 0 N–H and O–H groups in total. The number of hydrogen-bond acceptors (Lipinski definition) is 2. The molecule has 32 heavy (non-hydrogen) atoms. The van der Waals surface area contributed by atoms with Crippen molar-refractivity contribution in [2.45, 2.75) is 0 Å². The fraction of sp³-hybridized carbons (Fsp3) is 0. The van der Waals surface area contributed by atoms with Crippen LogP contribution in [0.4, 0.5) is 0 Å². The Morgan fingerprint density at radius 1 is 0.406 bits per heavy atom. The predicted octanol–water partition coefficient (Wildman–Crippen LogP) is 9.48. The summed E-state index contributed by atoms with van der Waals surface area (Å²) in [6.07, 6.45) is 8.88. The summed E-state index contributed by atoms with van der Waals surface area (Å²) >= 11 is 3.59. The van der Waals surface area contributed by atoms with Gasteiger partial charge in [0.15, 0.2) is 0 Å². The van der Waals surface area contributed by atoms with Crippen LogP contribution in [0.1, 0.15) is 22.3 Å². The van der Waals surface area contributed by atoms with E-state index in [0.29, 0.717) is 0 Å². The van der Waals surface area contributed by atoms with Gasteiger partial charge in [0.05, 0.1) is 0 Å². The zero-order valence-corrected chi connectivity index (χ0v) is 19.2. The Morgan fingerprint density at radius 3 is 1.22 bits per heavy atom. The summed E-state index contributed by atoms with van der Waals surface area (Å²) in [6, 6.07) is 34.2. The average Bonchev–Trinajstić information content (AvgIpc) is 3.57. The Morgan fingerprint density at radius 2 is 0.844 bits per heavy atom. The van der Waals surface area contributed by atoms with Crippen LogP contribution in [0, 0.1) is 0 Å². The third-order valence-corrected chi connectivity index (χ3v) is 7.09. The van der Waals surface area contributed by atoms with Gasteiger partial charge in [0.25, 0.3) is 0 Å². The smallest absolute Gasteiger partial charge is 0.0355 e. The topological polar surface area (TPSA) is 0 Å². The maximum Gasteiger partial charge on any atom is 0.0355 e.